The summed E-state index contributed by atoms with van der Waals surface area (Å²) in [6.07, 6.45) is 2.23. The lowest BCUT2D eigenvalue weighted by atomic mass is 9.90. The molecule has 1 amide bonds. The second-order valence-electron chi connectivity index (χ2n) is 3.44. The van der Waals surface area contributed by atoms with Crippen LogP contribution in [0.2, 0.25) is 0 Å². The van der Waals surface area contributed by atoms with E-state index in [1.54, 1.807) is 0 Å². The van der Waals surface area contributed by atoms with Gasteiger partial charge in [-0.05, 0) is 31.8 Å². The average molecular weight is 154 g/mol. The molecule has 0 aromatic rings. The summed E-state index contributed by atoms with van der Waals surface area (Å²) in [6, 6.07) is 0. The van der Waals surface area contributed by atoms with Gasteiger partial charge in [-0.2, -0.15) is 0 Å². The molecule has 0 radical (unpaired) electrons. The fourth-order valence-corrected chi connectivity index (χ4v) is 2.08. The van der Waals surface area contributed by atoms with Crippen molar-refractivity contribution in [1.82, 2.24) is 10.6 Å². The molecule has 11 heavy (non-hydrogen) atoms. The summed E-state index contributed by atoms with van der Waals surface area (Å²) in [5, 5.41) is 6.17. The summed E-state index contributed by atoms with van der Waals surface area (Å²) >= 11 is 0. The van der Waals surface area contributed by atoms with Crippen LogP contribution in [0.5, 0.6) is 0 Å². The highest BCUT2D eigenvalue weighted by atomic mass is 16.2. The summed E-state index contributed by atoms with van der Waals surface area (Å²) in [6.45, 7) is 3.02. The Morgan fingerprint density at radius 2 is 2.18 bits per heavy atom. The molecule has 0 spiro atoms. The van der Waals surface area contributed by atoms with Crippen LogP contribution < -0.4 is 10.6 Å². The molecule has 2 rings (SSSR count). The van der Waals surface area contributed by atoms with Gasteiger partial charge in [0.25, 0.3) is 0 Å². The van der Waals surface area contributed by atoms with E-state index in [1.165, 1.54) is 6.42 Å². The van der Waals surface area contributed by atoms with E-state index in [0.717, 1.165) is 26.1 Å². The number of carbonyl (C=O) groups is 1. The van der Waals surface area contributed by atoms with E-state index in [1.807, 2.05) is 0 Å². The monoisotopic (exact) mass is 154 g/mol. The molecular weight excluding hydrogens is 140 g/mol. The normalized spacial score (nSPS) is 37.6. The minimum Gasteiger partial charge on any atom is -0.356 e. The van der Waals surface area contributed by atoms with Crippen molar-refractivity contribution < 1.29 is 4.79 Å². The van der Waals surface area contributed by atoms with Crippen LogP contribution in [0.15, 0.2) is 0 Å². The van der Waals surface area contributed by atoms with Gasteiger partial charge in [-0.15, -0.1) is 0 Å². The minimum absolute atomic E-state index is 0.277. The van der Waals surface area contributed by atoms with Gasteiger partial charge in [0.05, 0.1) is 0 Å². The van der Waals surface area contributed by atoms with Crippen molar-refractivity contribution >= 4 is 5.91 Å². The molecule has 2 atom stereocenters. The third-order valence-corrected chi connectivity index (χ3v) is 2.76. The number of rotatable bonds is 1. The summed E-state index contributed by atoms with van der Waals surface area (Å²) < 4.78 is 0. The SMILES string of the molecule is O=C1NCCC1C1CCNC1. The third kappa shape index (κ3) is 1.25. The Labute approximate surface area is 66.5 Å². The van der Waals surface area contributed by atoms with Crippen LogP contribution in [0, 0.1) is 11.8 Å². The Morgan fingerprint density at radius 1 is 1.27 bits per heavy atom. The first-order valence-corrected chi connectivity index (χ1v) is 4.36. The highest BCUT2D eigenvalue weighted by Crippen LogP contribution is 2.24. The number of nitrogens with one attached hydrogen (secondary N) is 2. The van der Waals surface area contributed by atoms with Gasteiger partial charge < -0.3 is 10.6 Å². The Bertz CT molecular complexity index is 163. The molecule has 0 bridgehead atoms. The van der Waals surface area contributed by atoms with Gasteiger partial charge in [0.15, 0.2) is 0 Å². The summed E-state index contributed by atoms with van der Waals surface area (Å²) in [4.78, 5) is 11.2. The first-order valence-electron chi connectivity index (χ1n) is 4.36. The van der Waals surface area contributed by atoms with E-state index >= 15 is 0 Å². The highest BCUT2D eigenvalue weighted by Gasteiger charge is 2.33. The fourth-order valence-electron chi connectivity index (χ4n) is 2.08. The Balaban J connectivity index is 1.97. The topological polar surface area (TPSA) is 41.1 Å². The Hall–Kier alpha value is -0.570. The first-order chi connectivity index (χ1) is 5.38. The zero-order valence-electron chi connectivity index (χ0n) is 6.60. The lowest BCUT2D eigenvalue weighted by molar-refractivity contribution is -0.123. The van der Waals surface area contributed by atoms with Crippen molar-refractivity contribution in [2.75, 3.05) is 19.6 Å². The summed E-state index contributed by atoms with van der Waals surface area (Å²) in [5.74, 6) is 1.20. The number of amides is 1. The average Bonchev–Trinajstić information content (AvgIpc) is 2.55. The van der Waals surface area contributed by atoms with Gasteiger partial charge in [0, 0.05) is 12.5 Å². The molecule has 0 aromatic heterocycles. The molecule has 2 unspecified atom stereocenters. The molecule has 3 nitrogen and oxygen atoms in total. The Morgan fingerprint density at radius 3 is 2.73 bits per heavy atom. The van der Waals surface area contributed by atoms with Gasteiger partial charge in [-0.1, -0.05) is 0 Å². The van der Waals surface area contributed by atoms with E-state index in [2.05, 4.69) is 10.6 Å². The summed E-state index contributed by atoms with van der Waals surface area (Å²) in [5.41, 5.74) is 0. The quantitative estimate of drug-likeness (QED) is 0.546. The minimum atomic E-state index is 0.277. The van der Waals surface area contributed by atoms with Gasteiger partial charge >= 0.3 is 0 Å². The molecule has 3 heteroatoms. The molecule has 2 saturated heterocycles. The number of hydrogen-bond donors (Lipinski definition) is 2. The maximum Gasteiger partial charge on any atom is 0.223 e. The van der Waals surface area contributed by atoms with Gasteiger partial charge in [0.2, 0.25) is 5.91 Å². The van der Waals surface area contributed by atoms with Crippen LogP contribution in [-0.2, 0) is 4.79 Å². The molecule has 0 aromatic carbocycles. The zero-order chi connectivity index (χ0) is 7.68. The van der Waals surface area contributed by atoms with Crippen LogP contribution in [-0.4, -0.2) is 25.5 Å². The molecule has 2 N–H and O–H groups in total. The van der Waals surface area contributed by atoms with Crippen molar-refractivity contribution in [3.05, 3.63) is 0 Å². The summed E-state index contributed by atoms with van der Waals surface area (Å²) in [7, 11) is 0. The van der Waals surface area contributed by atoms with Crippen molar-refractivity contribution in [2.45, 2.75) is 12.8 Å². The standard InChI is InChI=1S/C8H14N2O/c11-8-7(2-4-10-8)6-1-3-9-5-6/h6-7,9H,1-5H2,(H,10,11). The van der Waals surface area contributed by atoms with Crippen molar-refractivity contribution in [3.63, 3.8) is 0 Å². The number of carbonyl (C=O) groups excluding carboxylic acids is 1. The van der Waals surface area contributed by atoms with Crippen LogP contribution >= 0.6 is 0 Å². The predicted molar refractivity (Wildman–Crippen MR) is 42.1 cm³/mol. The predicted octanol–water partition coefficient (Wildman–Crippen LogP) is -0.268. The van der Waals surface area contributed by atoms with Crippen molar-refractivity contribution in [3.8, 4) is 0 Å². The lowest BCUT2D eigenvalue weighted by Crippen LogP contribution is -2.26. The first kappa shape index (κ1) is 7.10. The molecule has 2 heterocycles. The van der Waals surface area contributed by atoms with Crippen molar-refractivity contribution in [2.24, 2.45) is 11.8 Å². The molecule has 2 fully saturated rings. The maximum atomic E-state index is 11.2. The molecule has 2 aliphatic rings. The molecular formula is C8H14N2O. The van der Waals surface area contributed by atoms with E-state index in [9.17, 15) is 4.79 Å². The van der Waals surface area contributed by atoms with Crippen LogP contribution in [0.3, 0.4) is 0 Å². The van der Waals surface area contributed by atoms with Crippen LogP contribution in [0.4, 0.5) is 0 Å². The smallest absolute Gasteiger partial charge is 0.223 e. The zero-order valence-corrected chi connectivity index (χ0v) is 6.60. The van der Waals surface area contributed by atoms with E-state index in [-0.39, 0.29) is 5.91 Å². The Kier molecular flexibility index (Phi) is 1.82. The van der Waals surface area contributed by atoms with Crippen LogP contribution in [0.1, 0.15) is 12.8 Å². The van der Waals surface area contributed by atoms with E-state index < -0.39 is 0 Å². The lowest BCUT2D eigenvalue weighted by Gasteiger charge is -2.13. The van der Waals surface area contributed by atoms with E-state index in [0.29, 0.717) is 11.8 Å². The fraction of sp³-hybridized carbons (Fsp3) is 0.875. The van der Waals surface area contributed by atoms with Crippen LogP contribution in [0.25, 0.3) is 0 Å². The highest BCUT2D eigenvalue weighted by molar-refractivity contribution is 5.80. The second-order valence-corrected chi connectivity index (χ2v) is 3.44. The second kappa shape index (κ2) is 2.81. The largest absolute Gasteiger partial charge is 0.356 e. The molecule has 62 valence electrons. The maximum absolute atomic E-state index is 11.2. The van der Waals surface area contributed by atoms with Crippen molar-refractivity contribution in [1.29, 1.82) is 0 Å². The molecule has 0 aliphatic carbocycles. The third-order valence-electron chi connectivity index (χ3n) is 2.76. The van der Waals surface area contributed by atoms with Gasteiger partial charge in [0.1, 0.15) is 0 Å². The van der Waals surface area contributed by atoms with E-state index in [4.69, 9.17) is 0 Å². The molecule has 2 aliphatic heterocycles. The van der Waals surface area contributed by atoms with Gasteiger partial charge in [-0.3, -0.25) is 4.79 Å². The molecule has 0 saturated carbocycles. The number of hydrogen-bond acceptors (Lipinski definition) is 2. The van der Waals surface area contributed by atoms with Gasteiger partial charge in [-0.25, -0.2) is 0 Å².